The number of hydrogen-bond acceptors (Lipinski definition) is 5. The van der Waals surface area contributed by atoms with E-state index < -0.39 is 11.3 Å². The maximum Gasteiger partial charge on any atom is 0.205 e. The molecule has 0 fully saturated rings. The van der Waals surface area contributed by atoms with Crippen LogP contribution in [0.25, 0.3) is 0 Å². The van der Waals surface area contributed by atoms with Crippen molar-refractivity contribution in [2.45, 2.75) is 39.2 Å². The number of para-hydroxylation sites is 1. The van der Waals surface area contributed by atoms with Crippen molar-refractivity contribution < 1.29 is 14.3 Å². The van der Waals surface area contributed by atoms with Crippen LogP contribution in [0.2, 0.25) is 0 Å². The zero-order chi connectivity index (χ0) is 21.3. The molecule has 4 rings (SSSR count). The molecule has 152 valence electrons. The Bertz CT molecular complexity index is 1090. The molecule has 1 atom stereocenters. The summed E-state index contributed by atoms with van der Waals surface area (Å²) < 4.78 is 11.9. The van der Waals surface area contributed by atoms with Gasteiger partial charge in [-0.15, -0.1) is 0 Å². The SMILES string of the molecule is CC1(C)CCC2=C(C1=O)C(c1ccccc1OCc1ccccc1)C(C#N)=C(N)O2. The number of carbonyl (C=O) groups excluding carboxylic acids is 1. The molecule has 2 aromatic carbocycles. The number of ether oxygens (including phenoxy) is 2. The van der Waals surface area contributed by atoms with E-state index in [1.54, 1.807) is 0 Å². The predicted molar refractivity (Wildman–Crippen MR) is 113 cm³/mol. The summed E-state index contributed by atoms with van der Waals surface area (Å²) in [4.78, 5) is 13.4. The summed E-state index contributed by atoms with van der Waals surface area (Å²) in [6.07, 6.45) is 1.29. The van der Waals surface area contributed by atoms with Crippen LogP contribution in [0.15, 0.2) is 77.4 Å². The van der Waals surface area contributed by atoms with Gasteiger partial charge in [0.2, 0.25) is 5.88 Å². The average molecular weight is 400 g/mol. The standard InChI is InChI=1S/C25H24N2O3/c1-25(2)13-12-20-22(23(25)28)21(18(14-26)24(27)30-20)17-10-6-7-11-19(17)29-15-16-8-4-3-5-9-16/h3-11,21H,12-13,15,27H2,1-2H3. The van der Waals surface area contributed by atoms with Crippen LogP contribution in [0.5, 0.6) is 5.75 Å². The maximum absolute atomic E-state index is 13.4. The molecule has 0 spiro atoms. The van der Waals surface area contributed by atoms with Crippen LogP contribution in [0, 0.1) is 16.7 Å². The molecule has 5 heteroatoms. The molecule has 0 radical (unpaired) electrons. The predicted octanol–water partition coefficient (Wildman–Crippen LogP) is 4.72. The molecule has 2 aliphatic rings. The van der Waals surface area contributed by atoms with Gasteiger partial charge in [0.1, 0.15) is 29.8 Å². The largest absolute Gasteiger partial charge is 0.489 e. The van der Waals surface area contributed by atoms with Crippen LogP contribution >= 0.6 is 0 Å². The number of nitrogens with two attached hydrogens (primary N) is 1. The molecule has 0 saturated carbocycles. The fourth-order valence-corrected chi connectivity index (χ4v) is 4.05. The molecule has 1 heterocycles. The molecule has 30 heavy (non-hydrogen) atoms. The second-order valence-corrected chi connectivity index (χ2v) is 8.29. The monoisotopic (exact) mass is 400 g/mol. The van der Waals surface area contributed by atoms with Gasteiger partial charge in [-0.2, -0.15) is 5.26 Å². The minimum Gasteiger partial charge on any atom is -0.489 e. The number of ketones is 1. The molecule has 0 amide bonds. The van der Waals surface area contributed by atoms with E-state index in [4.69, 9.17) is 15.2 Å². The first-order valence-corrected chi connectivity index (χ1v) is 10.0. The Balaban J connectivity index is 1.79. The zero-order valence-corrected chi connectivity index (χ0v) is 17.1. The molecular formula is C25H24N2O3. The van der Waals surface area contributed by atoms with Crippen LogP contribution in [-0.4, -0.2) is 5.78 Å². The van der Waals surface area contributed by atoms with E-state index in [1.165, 1.54) is 0 Å². The van der Waals surface area contributed by atoms with Crippen LogP contribution in [-0.2, 0) is 16.1 Å². The minimum absolute atomic E-state index is 0.00753. The average Bonchev–Trinajstić information content (AvgIpc) is 2.75. The molecule has 2 N–H and O–H groups in total. The van der Waals surface area contributed by atoms with Crippen LogP contribution in [0.4, 0.5) is 0 Å². The van der Waals surface area contributed by atoms with Gasteiger partial charge < -0.3 is 15.2 Å². The highest BCUT2D eigenvalue weighted by Gasteiger charge is 2.45. The second kappa shape index (κ2) is 7.72. The number of allylic oxidation sites excluding steroid dienone is 3. The third kappa shape index (κ3) is 3.46. The zero-order valence-electron chi connectivity index (χ0n) is 17.1. The van der Waals surface area contributed by atoms with Crippen molar-refractivity contribution in [2.24, 2.45) is 11.1 Å². The highest BCUT2D eigenvalue weighted by molar-refractivity contribution is 6.03. The van der Waals surface area contributed by atoms with Gasteiger partial charge >= 0.3 is 0 Å². The molecule has 1 aliphatic heterocycles. The summed E-state index contributed by atoms with van der Waals surface area (Å²) in [6, 6.07) is 19.5. The van der Waals surface area contributed by atoms with E-state index in [2.05, 4.69) is 6.07 Å². The summed E-state index contributed by atoms with van der Waals surface area (Å²) in [5, 5.41) is 9.86. The topological polar surface area (TPSA) is 85.3 Å². The first-order valence-electron chi connectivity index (χ1n) is 10.0. The fraction of sp³-hybridized carbons (Fsp3) is 0.280. The number of nitriles is 1. The molecule has 1 aliphatic carbocycles. The van der Waals surface area contributed by atoms with Gasteiger partial charge in [0.15, 0.2) is 5.78 Å². The van der Waals surface area contributed by atoms with E-state index in [1.807, 2.05) is 68.4 Å². The maximum atomic E-state index is 13.4. The van der Waals surface area contributed by atoms with Crippen molar-refractivity contribution in [3.8, 4) is 11.8 Å². The molecule has 5 nitrogen and oxygen atoms in total. The number of Topliss-reactive ketones (excluding diaryl/α,β-unsaturated/α-hetero) is 1. The van der Waals surface area contributed by atoms with Crippen LogP contribution in [0.1, 0.15) is 43.7 Å². The Labute approximate surface area is 176 Å². The van der Waals surface area contributed by atoms with Gasteiger partial charge in [-0.25, -0.2) is 0 Å². The molecule has 0 saturated heterocycles. The van der Waals surface area contributed by atoms with E-state index >= 15 is 0 Å². The second-order valence-electron chi connectivity index (χ2n) is 8.29. The van der Waals surface area contributed by atoms with Crippen molar-refractivity contribution in [1.29, 1.82) is 5.26 Å². The van der Waals surface area contributed by atoms with Gasteiger partial charge in [-0.3, -0.25) is 4.79 Å². The summed E-state index contributed by atoms with van der Waals surface area (Å²) in [7, 11) is 0. The van der Waals surface area contributed by atoms with Crippen molar-refractivity contribution in [2.75, 3.05) is 0 Å². The van der Waals surface area contributed by atoms with Gasteiger partial charge in [0.05, 0.1) is 5.92 Å². The summed E-state index contributed by atoms with van der Waals surface area (Å²) in [5.41, 5.74) is 8.12. The first-order chi connectivity index (χ1) is 14.4. The van der Waals surface area contributed by atoms with Crippen LogP contribution in [0.3, 0.4) is 0 Å². The lowest BCUT2D eigenvalue weighted by molar-refractivity contribution is -0.125. The van der Waals surface area contributed by atoms with Crippen LogP contribution < -0.4 is 10.5 Å². The van der Waals surface area contributed by atoms with E-state index in [-0.39, 0.29) is 17.2 Å². The van der Waals surface area contributed by atoms with Gasteiger partial charge in [-0.1, -0.05) is 62.4 Å². The first kappa shape index (κ1) is 19.8. The lowest BCUT2D eigenvalue weighted by atomic mass is 9.68. The van der Waals surface area contributed by atoms with Gasteiger partial charge in [-0.05, 0) is 18.1 Å². The Kier molecular flexibility index (Phi) is 5.09. The highest BCUT2D eigenvalue weighted by atomic mass is 16.5. The van der Waals surface area contributed by atoms with E-state index in [9.17, 15) is 10.1 Å². The molecular weight excluding hydrogens is 376 g/mol. The van der Waals surface area contributed by atoms with Crippen molar-refractivity contribution in [3.63, 3.8) is 0 Å². The Morgan fingerprint density at radius 1 is 1.17 bits per heavy atom. The van der Waals surface area contributed by atoms with Crippen molar-refractivity contribution in [3.05, 3.63) is 88.5 Å². The number of rotatable bonds is 4. The highest BCUT2D eigenvalue weighted by Crippen LogP contribution is 2.49. The van der Waals surface area contributed by atoms with E-state index in [0.717, 1.165) is 11.1 Å². The van der Waals surface area contributed by atoms with E-state index in [0.29, 0.717) is 36.5 Å². The number of nitrogens with zero attached hydrogens (tertiary/aromatic N) is 1. The Morgan fingerprint density at radius 2 is 1.87 bits per heavy atom. The lowest BCUT2D eigenvalue weighted by Crippen LogP contribution is -2.36. The van der Waals surface area contributed by atoms with Crippen molar-refractivity contribution in [1.82, 2.24) is 0 Å². The smallest absolute Gasteiger partial charge is 0.205 e. The summed E-state index contributed by atoms with van der Waals surface area (Å²) in [6.45, 7) is 4.25. The summed E-state index contributed by atoms with van der Waals surface area (Å²) >= 11 is 0. The quantitative estimate of drug-likeness (QED) is 0.803. The molecule has 0 bridgehead atoms. The normalized spacial score (nSPS) is 20.3. The number of benzene rings is 2. The molecule has 2 aromatic rings. The number of carbonyl (C=O) groups is 1. The fourth-order valence-electron chi connectivity index (χ4n) is 4.05. The molecule has 1 unspecified atom stereocenters. The third-order valence-corrected chi connectivity index (χ3v) is 5.80. The van der Waals surface area contributed by atoms with Gasteiger partial charge in [0, 0.05) is 23.0 Å². The summed E-state index contributed by atoms with van der Waals surface area (Å²) in [5.74, 6) is 0.645. The minimum atomic E-state index is -0.599. The lowest BCUT2D eigenvalue weighted by Gasteiger charge is -2.37. The van der Waals surface area contributed by atoms with Crippen molar-refractivity contribution >= 4 is 5.78 Å². The Morgan fingerprint density at radius 3 is 2.60 bits per heavy atom. The Hall–Kier alpha value is -3.52. The molecule has 0 aromatic heterocycles. The number of hydrogen-bond donors (Lipinski definition) is 1. The van der Waals surface area contributed by atoms with Gasteiger partial charge in [0.25, 0.3) is 0 Å². The third-order valence-electron chi connectivity index (χ3n) is 5.80.